The molecule has 2 unspecified atom stereocenters. The SMILES string of the molecule is C/C=C/C1(C)CCCOCNc2cccc(c2OC)-c2cccc(n2)-c2cccc(c2OC)N(C)C(=O)CCC(C)c2ccc([nH]2)C(C)(C)c2ccc1[nH]2. The summed E-state index contributed by atoms with van der Waals surface area (Å²) in [5, 5.41) is 3.42. The lowest BCUT2D eigenvalue weighted by atomic mass is 9.82. The minimum absolute atomic E-state index is 0.0143. The Morgan fingerprint density at radius 1 is 0.852 bits per heavy atom. The molecule has 6 rings (SSSR count). The van der Waals surface area contributed by atoms with Crippen molar-refractivity contribution < 1.29 is 19.0 Å². The minimum atomic E-state index is -0.283. The van der Waals surface area contributed by atoms with Crippen LogP contribution in [0.4, 0.5) is 11.4 Å². The summed E-state index contributed by atoms with van der Waals surface area (Å²) in [5.74, 6) is 1.44. The summed E-state index contributed by atoms with van der Waals surface area (Å²) in [6.07, 6.45) is 7.30. The molecule has 0 radical (unpaired) electrons. The van der Waals surface area contributed by atoms with Gasteiger partial charge >= 0.3 is 0 Å². The quantitative estimate of drug-likeness (QED) is 0.160. The van der Waals surface area contributed by atoms with Gasteiger partial charge in [0.25, 0.3) is 0 Å². The molecule has 0 fully saturated rings. The number of amides is 1. The number of carbonyl (C=O) groups is 1. The number of fused-ring (bicyclic) bond motifs is 12. The predicted molar refractivity (Wildman–Crippen MR) is 219 cm³/mol. The zero-order valence-corrected chi connectivity index (χ0v) is 33.0. The van der Waals surface area contributed by atoms with Gasteiger partial charge in [-0.15, -0.1) is 0 Å². The van der Waals surface area contributed by atoms with E-state index in [1.165, 1.54) is 5.69 Å². The van der Waals surface area contributed by atoms with Crippen LogP contribution in [0.2, 0.25) is 0 Å². The average molecular weight is 730 g/mol. The first-order valence-electron chi connectivity index (χ1n) is 18.9. The van der Waals surface area contributed by atoms with E-state index in [9.17, 15) is 4.79 Å². The van der Waals surface area contributed by atoms with Crippen LogP contribution in [0, 0.1) is 0 Å². The molecule has 2 atom stereocenters. The number of pyridine rings is 1. The fourth-order valence-corrected chi connectivity index (χ4v) is 7.56. The highest BCUT2D eigenvalue weighted by atomic mass is 16.5. The van der Waals surface area contributed by atoms with Gasteiger partial charge in [0.05, 0.1) is 37.0 Å². The molecule has 284 valence electrons. The van der Waals surface area contributed by atoms with E-state index in [-0.39, 0.29) is 22.7 Å². The second-order valence-corrected chi connectivity index (χ2v) is 15.0. The molecule has 3 N–H and O–H groups in total. The fourth-order valence-electron chi connectivity index (χ4n) is 7.56. The molecule has 4 heterocycles. The number of aromatic amines is 2. The lowest BCUT2D eigenvalue weighted by molar-refractivity contribution is -0.118. The minimum Gasteiger partial charge on any atom is -0.494 e. The van der Waals surface area contributed by atoms with Gasteiger partial charge in [0.1, 0.15) is 6.73 Å². The van der Waals surface area contributed by atoms with Crippen LogP contribution in [0.1, 0.15) is 89.0 Å². The molecule has 54 heavy (non-hydrogen) atoms. The number of para-hydroxylation sites is 2. The summed E-state index contributed by atoms with van der Waals surface area (Å²) < 4.78 is 18.0. The third-order valence-corrected chi connectivity index (χ3v) is 11.0. The number of H-pyrrole nitrogens is 2. The Bertz CT molecular complexity index is 2090. The van der Waals surface area contributed by atoms with Crippen molar-refractivity contribution in [3.05, 3.63) is 114 Å². The number of rotatable bonds is 3. The number of anilines is 2. The van der Waals surface area contributed by atoms with Crippen LogP contribution in [0.15, 0.2) is 91.0 Å². The summed E-state index contributed by atoms with van der Waals surface area (Å²) in [4.78, 5) is 28.0. The second kappa shape index (κ2) is 16.4. The molecule has 2 aromatic carbocycles. The van der Waals surface area contributed by atoms with Crippen molar-refractivity contribution in [2.75, 3.05) is 44.8 Å². The van der Waals surface area contributed by atoms with Gasteiger partial charge in [0.2, 0.25) is 5.91 Å². The molecule has 0 aliphatic carbocycles. The van der Waals surface area contributed by atoms with Crippen LogP contribution < -0.4 is 19.7 Å². The number of hydrogen-bond acceptors (Lipinski definition) is 6. The van der Waals surface area contributed by atoms with Crippen LogP contribution in [0.25, 0.3) is 22.5 Å². The third-order valence-electron chi connectivity index (χ3n) is 11.0. The van der Waals surface area contributed by atoms with E-state index in [0.29, 0.717) is 43.4 Å². The number of carbonyl (C=O) groups excluding carboxylic acids is 1. The summed E-state index contributed by atoms with van der Waals surface area (Å²) in [6.45, 7) is 12.0. The van der Waals surface area contributed by atoms with Crippen molar-refractivity contribution in [3.8, 4) is 34.0 Å². The normalized spacial score (nSPS) is 19.8. The smallest absolute Gasteiger partial charge is 0.226 e. The topological polar surface area (TPSA) is 104 Å². The monoisotopic (exact) mass is 729 g/mol. The molecular formula is C45H55N5O4. The molecule has 9 nitrogen and oxygen atoms in total. The number of allylic oxidation sites excluding steroid dienone is 2. The van der Waals surface area contributed by atoms with Gasteiger partial charge in [0, 0.05) is 64.8 Å². The van der Waals surface area contributed by atoms with Gasteiger partial charge < -0.3 is 34.4 Å². The fraction of sp³-hybridized carbons (Fsp3) is 0.378. The maximum absolute atomic E-state index is 13.7. The third kappa shape index (κ3) is 7.82. The van der Waals surface area contributed by atoms with Crippen LogP contribution in [-0.2, 0) is 20.4 Å². The van der Waals surface area contributed by atoms with Crippen LogP contribution >= 0.6 is 0 Å². The molecule has 1 aliphatic heterocycles. The zero-order chi connectivity index (χ0) is 38.5. The van der Waals surface area contributed by atoms with Gasteiger partial charge in [-0.1, -0.05) is 44.2 Å². The highest BCUT2D eigenvalue weighted by Crippen LogP contribution is 2.41. The number of ether oxygens (including phenoxy) is 3. The van der Waals surface area contributed by atoms with Gasteiger partial charge in [-0.2, -0.15) is 0 Å². The number of methoxy groups -OCH3 is 2. The molecule has 5 aromatic rings. The Hall–Kier alpha value is -5.28. The lowest BCUT2D eigenvalue weighted by Gasteiger charge is -2.27. The number of nitrogens with zero attached hydrogens (tertiary/aromatic N) is 2. The highest BCUT2D eigenvalue weighted by molar-refractivity contribution is 5.96. The predicted octanol–water partition coefficient (Wildman–Crippen LogP) is 9.98. The standard InChI is InChI=1S/C45H55N5O4/c1-9-26-45(5)27-13-28-54-29-46-36-18-10-14-31(42(36)52-7)34-16-12-17-35(47-34)32-15-11-19-37(43(32)53-8)50(6)41(51)25-20-30(2)33-21-22-38(48-33)44(3,4)39-23-24-40(45)49-39/h9-12,14-19,21-24,26,30,46,48-49H,13,20,25,27-29H2,1-8H3/b26-9+. The van der Waals surface area contributed by atoms with Crippen LogP contribution in [0.5, 0.6) is 11.5 Å². The molecule has 10 bridgehead atoms. The maximum atomic E-state index is 13.7. The largest absolute Gasteiger partial charge is 0.494 e. The average Bonchev–Trinajstić information content (AvgIpc) is 3.90. The van der Waals surface area contributed by atoms with Crippen molar-refractivity contribution in [1.82, 2.24) is 15.0 Å². The molecule has 1 amide bonds. The van der Waals surface area contributed by atoms with Crippen molar-refractivity contribution >= 4 is 17.3 Å². The van der Waals surface area contributed by atoms with E-state index in [1.807, 2.05) is 61.6 Å². The Morgan fingerprint density at radius 2 is 1.50 bits per heavy atom. The molecule has 3 aromatic heterocycles. The summed E-state index contributed by atoms with van der Waals surface area (Å²) in [5.41, 5.74) is 8.74. The zero-order valence-electron chi connectivity index (χ0n) is 33.0. The van der Waals surface area contributed by atoms with Gasteiger partial charge in [-0.3, -0.25) is 4.79 Å². The summed E-state index contributed by atoms with van der Waals surface area (Å²) in [7, 11) is 5.11. The molecular weight excluding hydrogens is 675 g/mol. The van der Waals surface area contributed by atoms with Crippen LogP contribution in [-0.4, -0.2) is 55.5 Å². The van der Waals surface area contributed by atoms with E-state index >= 15 is 0 Å². The Kier molecular flexibility index (Phi) is 11.7. The Balaban J connectivity index is 1.35. The highest BCUT2D eigenvalue weighted by Gasteiger charge is 2.31. The first-order valence-corrected chi connectivity index (χ1v) is 18.9. The van der Waals surface area contributed by atoms with Crippen molar-refractivity contribution in [2.45, 2.75) is 77.0 Å². The first kappa shape index (κ1) is 38.4. The number of benzene rings is 2. The summed E-state index contributed by atoms with van der Waals surface area (Å²) >= 11 is 0. The van der Waals surface area contributed by atoms with E-state index in [0.717, 1.165) is 58.1 Å². The number of nitrogens with one attached hydrogen (secondary N) is 3. The molecule has 0 spiro atoms. The maximum Gasteiger partial charge on any atom is 0.226 e. The van der Waals surface area contributed by atoms with E-state index in [1.54, 1.807) is 19.1 Å². The molecule has 1 aliphatic rings. The van der Waals surface area contributed by atoms with E-state index < -0.39 is 0 Å². The second-order valence-electron chi connectivity index (χ2n) is 15.0. The molecule has 0 saturated carbocycles. The van der Waals surface area contributed by atoms with E-state index in [2.05, 4.69) is 86.3 Å². The first-order chi connectivity index (χ1) is 26.0. The van der Waals surface area contributed by atoms with Crippen molar-refractivity contribution in [1.29, 1.82) is 0 Å². The van der Waals surface area contributed by atoms with Gasteiger partial charge in [-0.25, -0.2) is 4.98 Å². The molecule has 9 heteroatoms. The number of aromatic nitrogens is 3. The Morgan fingerprint density at radius 3 is 2.22 bits per heavy atom. The summed E-state index contributed by atoms with van der Waals surface area (Å²) in [6, 6.07) is 26.5. The van der Waals surface area contributed by atoms with Crippen LogP contribution in [0.3, 0.4) is 0 Å². The number of hydrogen-bond donors (Lipinski definition) is 3. The Labute approximate surface area is 320 Å². The van der Waals surface area contributed by atoms with Gasteiger partial charge in [0.15, 0.2) is 11.5 Å². The van der Waals surface area contributed by atoms with Crippen molar-refractivity contribution in [3.63, 3.8) is 0 Å². The lowest BCUT2D eigenvalue weighted by Crippen LogP contribution is -2.27. The van der Waals surface area contributed by atoms with Gasteiger partial charge in [-0.05, 0) is 107 Å². The van der Waals surface area contributed by atoms with Crippen molar-refractivity contribution in [2.24, 2.45) is 0 Å². The molecule has 0 saturated heterocycles. The van der Waals surface area contributed by atoms with E-state index in [4.69, 9.17) is 19.2 Å².